The maximum Gasteiger partial charge on any atom is 0.238 e. The van der Waals surface area contributed by atoms with E-state index in [1.54, 1.807) is 28.9 Å². The van der Waals surface area contributed by atoms with Gasteiger partial charge in [-0.1, -0.05) is 0 Å². The van der Waals surface area contributed by atoms with Crippen molar-refractivity contribution >= 4 is 21.8 Å². The van der Waals surface area contributed by atoms with E-state index in [0.29, 0.717) is 35.0 Å². The average Bonchev–Trinajstić information content (AvgIpc) is 3.35. The maximum atomic E-state index is 12.7. The predicted molar refractivity (Wildman–Crippen MR) is 103 cm³/mol. The molecule has 0 saturated heterocycles. The summed E-state index contributed by atoms with van der Waals surface area (Å²) in [6.07, 6.45) is 3.50. The van der Waals surface area contributed by atoms with Crippen LogP contribution in [0.1, 0.15) is 31.1 Å². The van der Waals surface area contributed by atoms with Gasteiger partial charge >= 0.3 is 0 Å². The number of aromatic nitrogens is 3. The molecule has 2 aromatic heterocycles. The van der Waals surface area contributed by atoms with Crippen LogP contribution in [0.2, 0.25) is 0 Å². The molecule has 0 radical (unpaired) electrons. The number of rotatable bonds is 3. The van der Waals surface area contributed by atoms with E-state index in [2.05, 4.69) is 15.4 Å². The van der Waals surface area contributed by atoms with Gasteiger partial charge in [-0.15, -0.1) is 0 Å². The van der Waals surface area contributed by atoms with Gasteiger partial charge in [-0.05, 0) is 49.2 Å². The van der Waals surface area contributed by atoms with Gasteiger partial charge in [-0.25, -0.2) is 18.2 Å². The number of hydrogen-bond donors (Lipinski definition) is 2. The van der Waals surface area contributed by atoms with Crippen molar-refractivity contribution in [2.45, 2.75) is 30.2 Å². The van der Waals surface area contributed by atoms with Gasteiger partial charge in [-0.3, -0.25) is 4.79 Å². The Labute approximate surface area is 166 Å². The van der Waals surface area contributed by atoms with Crippen molar-refractivity contribution in [3.63, 3.8) is 0 Å². The second kappa shape index (κ2) is 6.39. The molecule has 0 saturated carbocycles. The number of furan rings is 1. The van der Waals surface area contributed by atoms with Crippen molar-refractivity contribution in [1.29, 1.82) is 0 Å². The highest BCUT2D eigenvalue weighted by Crippen LogP contribution is 2.40. The summed E-state index contributed by atoms with van der Waals surface area (Å²) >= 11 is 0. The molecule has 2 aliphatic rings. The Morgan fingerprint density at radius 3 is 2.69 bits per heavy atom. The Morgan fingerprint density at radius 2 is 1.93 bits per heavy atom. The van der Waals surface area contributed by atoms with Crippen molar-refractivity contribution in [3.8, 4) is 11.3 Å². The number of nitrogens with two attached hydrogens (primary N) is 1. The molecule has 10 heteroatoms. The van der Waals surface area contributed by atoms with Crippen LogP contribution in [-0.2, 0) is 14.8 Å². The average molecular weight is 411 g/mol. The number of nitrogens with zero attached hydrogens (tertiary/aromatic N) is 3. The van der Waals surface area contributed by atoms with Crippen LogP contribution >= 0.6 is 0 Å². The Hall–Kier alpha value is -3.24. The second-order valence-corrected chi connectivity index (χ2v) is 8.56. The third kappa shape index (κ3) is 2.97. The number of fused-ring (bicyclic) bond motifs is 1. The predicted octanol–water partition coefficient (Wildman–Crippen LogP) is 2.21. The fourth-order valence-corrected chi connectivity index (χ4v) is 4.34. The summed E-state index contributed by atoms with van der Waals surface area (Å²) in [7, 11) is -3.76. The lowest BCUT2D eigenvalue weighted by atomic mass is 9.88. The van der Waals surface area contributed by atoms with Gasteiger partial charge in [0, 0.05) is 23.3 Å². The van der Waals surface area contributed by atoms with Crippen LogP contribution in [0.3, 0.4) is 0 Å². The molecule has 1 aliphatic carbocycles. The molecule has 5 rings (SSSR count). The van der Waals surface area contributed by atoms with Crippen LogP contribution in [0, 0.1) is 0 Å². The van der Waals surface area contributed by atoms with Crippen LogP contribution < -0.4 is 10.5 Å². The molecule has 9 nitrogen and oxygen atoms in total. The largest absolute Gasteiger partial charge is 0.458 e. The molecule has 3 heterocycles. The van der Waals surface area contributed by atoms with E-state index in [4.69, 9.17) is 9.56 Å². The zero-order valence-corrected chi connectivity index (χ0v) is 16.0. The van der Waals surface area contributed by atoms with Crippen molar-refractivity contribution in [2.75, 3.05) is 5.32 Å². The summed E-state index contributed by atoms with van der Waals surface area (Å²) in [5.41, 5.74) is 2.21. The van der Waals surface area contributed by atoms with Gasteiger partial charge in [0.2, 0.25) is 16.0 Å². The lowest BCUT2D eigenvalue weighted by Gasteiger charge is -2.30. The Morgan fingerprint density at radius 1 is 1.14 bits per heavy atom. The number of Topliss-reactive ketones (excluding diaryl/α,β-unsaturated/α-hetero) is 1. The van der Waals surface area contributed by atoms with E-state index in [1.807, 2.05) is 0 Å². The van der Waals surface area contributed by atoms with E-state index in [-0.39, 0.29) is 10.7 Å². The fraction of sp³-hybridized carbons (Fsp3) is 0.211. The van der Waals surface area contributed by atoms with Crippen LogP contribution in [0.4, 0.5) is 5.95 Å². The Kier molecular flexibility index (Phi) is 3.93. The first-order valence-electron chi connectivity index (χ1n) is 9.07. The van der Waals surface area contributed by atoms with Crippen LogP contribution in [0.25, 0.3) is 11.3 Å². The van der Waals surface area contributed by atoms with Crippen LogP contribution in [0.5, 0.6) is 0 Å². The van der Waals surface area contributed by atoms with Gasteiger partial charge < -0.3 is 9.73 Å². The third-order valence-electron chi connectivity index (χ3n) is 5.17. The van der Waals surface area contributed by atoms with Crippen molar-refractivity contribution in [2.24, 2.45) is 5.14 Å². The molecule has 1 unspecified atom stereocenters. The van der Waals surface area contributed by atoms with E-state index in [9.17, 15) is 13.2 Å². The highest BCUT2D eigenvalue weighted by molar-refractivity contribution is 7.89. The van der Waals surface area contributed by atoms with Crippen LogP contribution in [0.15, 0.2) is 63.3 Å². The van der Waals surface area contributed by atoms with Gasteiger partial charge in [0.15, 0.2) is 5.78 Å². The molecule has 29 heavy (non-hydrogen) atoms. The van der Waals surface area contributed by atoms with E-state index >= 15 is 0 Å². The number of anilines is 1. The SMILES string of the molecule is NS(=O)(=O)c1ccc(-c2ccc(C3C4=C(CCCC4=O)Nc4ncnn43)o2)cc1. The van der Waals surface area contributed by atoms with E-state index < -0.39 is 16.1 Å². The molecule has 1 aliphatic heterocycles. The number of benzene rings is 1. The molecule has 1 aromatic carbocycles. The first-order valence-corrected chi connectivity index (χ1v) is 10.6. The fourth-order valence-electron chi connectivity index (χ4n) is 3.82. The summed E-state index contributed by atoms with van der Waals surface area (Å²) in [6, 6.07) is 9.21. The van der Waals surface area contributed by atoms with Crippen molar-refractivity contribution in [3.05, 3.63) is 59.8 Å². The number of nitrogens with one attached hydrogen (secondary N) is 1. The van der Waals surface area contributed by atoms with Crippen molar-refractivity contribution < 1.29 is 17.6 Å². The number of primary sulfonamides is 1. The minimum atomic E-state index is -3.76. The summed E-state index contributed by atoms with van der Waals surface area (Å²) in [5.74, 6) is 1.75. The topological polar surface area (TPSA) is 133 Å². The highest BCUT2D eigenvalue weighted by Gasteiger charge is 2.37. The quantitative estimate of drug-likeness (QED) is 0.675. The zero-order valence-electron chi connectivity index (χ0n) is 15.2. The highest BCUT2D eigenvalue weighted by atomic mass is 32.2. The molecular weight excluding hydrogens is 394 g/mol. The number of ketones is 1. The summed E-state index contributed by atoms with van der Waals surface area (Å²) in [6.45, 7) is 0. The lowest BCUT2D eigenvalue weighted by Crippen LogP contribution is -2.31. The Balaban J connectivity index is 1.56. The maximum absolute atomic E-state index is 12.7. The lowest BCUT2D eigenvalue weighted by molar-refractivity contribution is -0.116. The number of carbonyl (C=O) groups excluding carboxylic acids is 1. The minimum Gasteiger partial charge on any atom is -0.458 e. The zero-order chi connectivity index (χ0) is 20.2. The van der Waals surface area contributed by atoms with E-state index in [1.165, 1.54) is 18.5 Å². The molecule has 0 spiro atoms. The first-order chi connectivity index (χ1) is 13.9. The smallest absolute Gasteiger partial charge is 0.238 e. The first kappa shape index (κ1) is 17.8. The molecule has 0 amide bonds. The van der Waals surface area contributed by atoms with Gasteiger partial charge in [-0.2, -0.15) is 10.1 Å². The van der Waals surface area contributed by atoms with Gasteiger partial charge in [0.1, 0.15) is 23.9 Å². The molecule has 1 atom stereocenters. The molecule has 0 bridgehead atoms. The molecule has 0 fully saturated rings. The number of allylic oxidation sites excluding steroid dienone is 2. The molecular formula is C19H17N5O4S. The van der Waals surface area contributed by atoms with Crippen LogP contribution in [-0.4, -0.2) is 29.0 Å². The third-order valence-corrected chi connectivity index (χ3v) is 6.10. The second-order valence-electron chi connectivity index (χ2n) is 7.00. The van der Waals surface area contributed by atoms with Gasteiger partial charge in [0.25, 0.3) is 0 Å². The normalized spacial score (nSPS) is 18.9. The van der Waals surface area contributed by atoms with Crippen molar-refractivity contribution in [1.82, 2.24) is 14.8 Å². The molecule has 3 N–H and O–H groups in total. The van der Waals surface area contributed by atoms with E-state index in [0.717, 1.165) is 18.5 Å². The number of carbonyl (C=O) groups is 1. The van der Waals surface area contributed by atoms with Gasteiger partial charge in [0.05, 0.1) is 4.90 Å². The minimum absolute atomic E-state index is 0.0289. The number of sulfonamides is 1. The standard InChI is InChI=1S/C19H17N5O4S/c20-29(26,27)12-6-4-11(5-7-12)15-8-9-16(28-15)18-17-13(2-1-3-14(17)25)23-19-21-10-22-24(18)19/h4-10,18H,1-3H2,(H2,20,26,27)(H,21,22,23). The summed E-state index contributed by atoms with van der Waals surface area (Å²) in [5, 5.41) is 12.6. The Bertz CT molecular complexity index is 1250. The molecule has 148 valence electrons. The number of hydrogen-bond acceptors (Lipinski definition) is 7. The molecule has 3 aromatic rings. The monoisotopic (exact) mass is 411 g/mol. The summed E-state index contributed by atoms with van der Waals surface area (Å²) in [4.78, 5) is 16.9. The summed E-state index contributed by atoms with van der Waals surface area (Å²) < 4.78 is 30.6.